The van der Waals surface area contributed by atoms with Crippen molar-refractivity contribution in [3.8, 4) is 0 Å². The Balaban J connectivity index is 1.98. The molecule has 0 aromatic heterocycles. The first-order valence-corrected chi connectivity index (χ1v) is 6.87. The summed E-state index contributed by atoms with van der Waals surface area (Å²) in [6, 6.07) is 6.47. The minimum atomic E-state index is -0.852. The minimum Gasteiger partial charge on any atom is -0.368 e. The molecule has 7 nitrogen and oxygen atoms in total. The summed E-state index contributed by atoms with van der Waals surface area (Å²) < 4.78 is 0. The monoisotopic (exact) mass is 292 g/mol. The maximum atomic E-state index is 12.1. The maximum Gasteiger partial charge on any atom is 0.269 e. The number of carbonyl (C=O) groups excluding carboxylic acids is 1. The molecule has 1 aromatic carbocycles. The maximum absolute atomic E-state index is 12.1. The van der Waals surface area contributed by atoms with Gasteiger partial charge in [0.15, 0.2) is 0 Å². The van der Waals surface area contributed by atoms with E-state index in [0.717, 1.165) is 5.69 Å². The number of nitro benzene ring substituents is 1. The number of non-ortho nitro benzene ring substituents is 1. The molecule has 114 valence electrons. The van der Waals surface area contributed by atoms with Crippen molar-refractivity contribution >= 4 is 17.3 Å². The Kier molecular flexibility index (Phi) is 4.13. The van der Waals surface area contributed by atoms with E-state index in [1.807, 2.05) is 0 Å². The average Bonchev–Trinajstić information content (AvgIpc) is 2.46. The van der Waals surface area contributed by atoms with Gasteiger partial charge in [0.25, 0.3) is 5.69 Å². The molecule has 0 bridgehead atoms. The van der Waals surface area contributed by atoms with Crippen LogP contribution in [0.2, 0.25) is 0 Å². The van der Waals surface area contributed by atoms with Crippen LogP contribution >= 0.6 is 0 Å². The molecule has 1 heterocycles. The van der Waals surface area contributed by atoms with Gasteiger partial charge in [0.1, 0.15) is 0 Å². The molecule has 0 atom stereocenters. The Morgan fingerprint density at radius 3 is 2.14 bits per heavy atom. The number of hydrogen-bond donors (Lipinski definition) is 1. The molecule has 2 rings (SSSR count). The topological polar surface area (TPSA) is 92.7 Å². The van der Waals surface area contributed by atoms with Crippen LogP contribution < -0.4 is 10.6 Å². The second kappa shape index (κ2) is 5.69. The van der Waals surface area contributed by atoms with Crippen LogP contribution in [0, 0.1) is 10.1 Å². The number of benzene rings is 1. The van der Waals surface area contributed by atoms with Gasteiger partial charge in [-0.3, -0.25) is 14.9 Å². The van der Waals surface area contributed by atoms with Gasteiger partial charge in [-0.15, -0.1) is 0 Å². The summed E-state index contributed by atoms with van der Waals surface area (Å²) in [7, 11) is 0. The lowest BCUT2D eigenvalue weighted by Gasteiger charge is -2.38. The quantitative estimate of drug-likeness (QED) is 0.662. The highest BCUT2D eigenvalue weighted by Crippen LogP contribution is 2.21. The summed E-state index contributed by atoms with van der Waals surface area (Å²) >= 11 is 0. The lowest BCUT2D eigenvalue weighted by atomic mass is 10.0. The molecular formula is C14H20N4O3. The number of rotatable bonds is 3. The number of carbonyl (C=O) groups is 1. The third-order valence-electron chi connectivity index (χ3n) is 3.54. The van der Waals surface area contributed by atoms with Crippen molar-refractivity contribution in [1.82, 2.24) is 4.90 Å². The van der Waals surface area contributed by atoms with E-state index < -0.39 is 10.5 Å². The van der Waals surface area contributed by atoms with Crippen molar-refractivity contribution in [2.45, 2.75) is 19.4 Å². The van der Waals surface area contributed by atoms with E-state index in [0.29, 0.717) is 26.2 Å². The highest BCUT2D eigenvalue weighted by molar-refractivity contribution is 5.85. The van der Waals surface area contributed by atoms with Gasteiger partial charge in [0.2, 0.25) is 5.91 Å². The van der Waals surface area contributed by atoms with Crippen molar-refractivity contribution in [1.29, 1.82) is 0 Å². The SMILES string of the molecule is CC(C)(N)C(=O)N1CCN(c2ccc([N+](=O)[O-])cc2)CC1. The van der Waals surface area contributed by atoms with Gasteiger partial charge in [-0.25, -0.2) is 0 Å². The first-order valence-electron chi connectivity index (χ1n) is 6.87. The van der Waals surface area contributed by atoms with E-state index in [1.54, 1.807) is 30.9 Å². The normalized spacial score (nSPS) is 16.0. The predicted molar refractivity (Wildman–Crippen MR) is 80.2 cm³/mol. The van der Waals surface area contributed by atoms with Crippen LogP contribution in [0.15, 0.2) is 24.3 Å². The van der Waals surface area contributed by atoms with E-state index in [1.165, 1.54) is 12.1 Å². The predicted octanol–water partition coefficient (Wildman–Crippen LogP) is 0.981. The van der Waals surface area contributed by atoms with Gasteiger partial charge in [0, 0.05) is 44.0 Å². The molecule has 21 heavy (non-hydrogen) atoms. The van der Waals surface area contributed by atoms with Crippen LogP contribution in [0.1, 0.15) is 13.8 Å². The number of hydrogen-bond acceptors (Lipinski definition) is 5. The Bertz CT molecular complexity index is 528. The van der Waals surface area contributed by atoms with Crippen molar-refractivity contribution in [2.24, 2.45) is 5.73 Å². The first kappa shape index (κ1) is 15.2. The van der Waals surface area contributed by atoms with Gasteiger partial charge in [0.05, 0.1) is 10.5 Å². The molecular weight excluding hydrogens is 272 g/mol. The van der Waals surface area contributed by atoms with Gasteiger partial charge >= 0.3 is 0 Å². The molecule has 0 radical (unpaired) electrons. The summed E-state index contributed by atoms with van der Waals surface area (Å²) in [4.78, 5) is 26.2. The fraction of sp³-hybridized carbons (Fsp3) is 0.500. The van der Waals surface area contributed by atoms with E-state index in [9.17, 15) is 14.9 Å². The lowest BCUT2D eigenvalue weighted by Crippen LogP contribution is -2.57. The third-order valence-corrected chi connectivity index (χ3v) is 3.54. The van der Waals surface area contributed by atoms with Crippen LogP contribution in [-0.2, 0) is 4.79 Å². The van der Waals surface area contributed by atoms with Gasteiger partial charge in [-0.05, 0) is 26.0 Å². The molecule has 0 spiro atoms. The van der Waals surface area contributed by atoms with Crippen LogP contribution in [0.4, 0.5) is 11.4 Å². The van der Waals surface area contributed by atoms with Crippen LogP contribution in [0.3, 0.4) is 0 Å². The van der Waals surface area contributed by atoms with E-state index in [2.05, 4.69) is 4.90 Å². The smallest absolute Gasteiger partial charge is 0.269 e. The zero-order valence-corrected chi connectivity index (χ0v) is 12.3. The molecule has 0 saturated carbocycles. The highest BCUT2D eigenvalue weighted by Gasteiger charge is 2.30. The number of nitro groups is 1. The zero-order chi connectivity index (χ0) is 15.6. The first-order chi connectivity index (χ1) is 9.79. The highest BCUT2D eigenvalue weighted by atomic mass is 16.6. The molecule has 7 heteroatoms. The fourth-order valence-corrected chi connectivity index (χ4v) is 2.36. The van der Waals surface area contributed by atoms with Crippen molar-refractivity contribution in [3.63, 3.8) is 0 Å². The largest absolute Gasteiger partial charge is 0.368 e. The summed E-state index contributed by atoms with van der Waals surface area (Å²) in [5, 5.41) is 10.6. The number of nitrogens with two attached hydrogens (primary N) is 1. The molecule has 1 fully saturated rings. The number of anilines is 1. The molecule has 1 aromatic rings. The molecule has 1 aliphatic rings. The lowest BCUT2D eigenvalue weighted by molar-refractivity contribution is -0.384. The second-order valence-electron chi connectivity index (χ2n) is 5.77. The fourth-order valence-electron chi connectivity index (χ4n) is 2.36. The Hall–Kier alpha value is -2.15. The Morgan fingerprint density at radius 1 is 1.19 bits per heavy atom. The van der Waals surface area contributed by atoms with Crippen LogP contribution in [0.25, 0.3) is 0 Å². The number of nitrogens with zero attached hydrogens (tertiary/aromatic N) is 3. The third kappa shape index (κ3) is 3.49. The van der Waals surface area contributed by atoms with Crippen molar-refractivity contribution < 1.29 is 9.72 Å². The number of piperazine rings is 1. The molecule has 1 amide bonds. The van der Waals surface area contributed by atoms with Gasteiger partial charge in [-0.2, -0.15) is 0 Å². The molecule has 1 aliphatic heterocycles. The molecule has 0 aliphatic carbocycles. The summed E-state index contributed by atoms with van der Waals surface area (Å²) in [5.74, 6) is -0.0501. The van der Waals surface area contributed by atoms with Crippen molar-refractivity contribution in [2.75, 3.05) is 31.1 Å². The molecule has 1 saturated heterocycles. The van der Waals surface area contributed by atoms with Gasteiger partial charge in [-0.1, -0.05) is 0 Å². The van der Waals surface area contributed by atoms with E-state index in [-0.39, 0.29) is 11.6 Å². The Morgan fingerprint density at radius 2 is 1.71 bits per heavy atom. The Labute approximate surface area is 123 Å². The standard InChI is InChI=1S/C14H20N4O3/c1-14(2,15)13(19)17-9-7-16(8-10-17)11-3-5-12(6-4-11)18(20)21/h3-6H,7-10,15H2,1-2H3. The molecule has 2 N–H and O–H groups in total. The average molecular weight is 292 g/mol. The van der Waals surface area contributed by atoms with E-state index in [4.69, 9.17) is 5.73 Å². The van der Waals surface area contributed by atoms with Crippen LogP contribution in [0.5, 0.6) is 0 Å². The van der Waals surface area contributed by atoms with E-state index >= 15 is 0 Å². The second-order valence-corrected chi connectivity index (χ2v) is 5.77. The summed E-state index contributed by atoms with van der Waals surface area (Å²) in [5.41, 5.74) is 5.99. The summed E-state index contributed by atoms with van der Waals surface area (Å²) in [6.45, 7) is 6.02. The number of amides is 1. The summed E-state index contributed by atoms with van der Waals surface area (Å²) in [6.07, 6.45) is 0. The van der Waals surface area contributed by atoms with Crippen molar-refractivity contribution in [3.05, 3.63) is 34.4 Å². The van der Waals surface area contributed by atoms with Crippen LogP contribution in [-0.4, -0.2) is 47.4 Å². The minimum absolute atomic E-state index is 0.0501. The zero-order valence-electron chi connectivity index (χ0n) is 12.3. The molecule has 0 unspecified atom stereocenters. The van der Waals surface area contributed by atoms with Gasteiger partial charge < -0.3 is 15.5 Å².